The maximum absolute atomic E-state index is 12.4. The lowest BCUT2D eigenvalue weighted by molar-refractivity contribution is -0.123. The average Bonchev–Trinajstić information content (AvgIpc) is 3.29. The summed E-state index contributed by atoms with van der Waals surface area (Å²) in [7, 11) is -3.74. The van der Waals surface area contributed by atoms with Gasteiger partial charge in [0, 0.05) is 30.5 Å². The molecular formula is C20H17N5O4S. The molecule has 0 radical (unpaired) electrons. The van der Waals surface area contributed by atoms with E-state index in [9.17, 15) is 18.0 Å². The third-order valence-electron chi connectivity index (χ3n) is 4.57. The van der Waals surface area contributed by atoms with E-state index in [1.807, 2.05) is 0 Å². The lowest BCUT2D eigenvalue weighted by Crippen LogP contribution is -2.40. The number of carbonyl (C=O) groups is 2. The number of pyridine rings is 1. The Morgan fingerprint density at radius 1 is 1.07 bits per heavy atom. The van der Waals surface area contributed by atoms with Crippen molar-refractivity contribution in [3.8, 4) is 0 Å². The number of hydrogen-bond donors (Lipinski definition) is 2. The van der Waals surface area contributed by atoms with Gasteiger partial charge in [-0.05, 0) is 29.8 Å². The molecule has 2 atom stereocenters. The number of hydrogen-bond acceptors (Lipinski definition) is 6. The standard InChI is InChI=1S/C20H17N5O4S/c26-19-17(20(27)25-11-10-22-13-25)7-8-18(23-19)14-3-5-15(6-4-14)24-30(28,29)16-2-1-9-21-12-16/h1-13,17-18,24H,(H,23,26). The summed E-state index contributed by atoms with van der Waals surface area (Å²) in [4.78, 5) is 32.4. The van der Waals surface area contributed by atoms with Crippen LogP contribution in [0.2, 0.25) is 0 Å². The molecule has 0 saturated carbocycles. The van der Waals surface area contributed by atoms with Gasteiger partial charge in [-0.15, -0.1) is 0 Å². The highest BCUT2D eigenvalue weighted by molar-refractivity contribution is 7.92. The van der Waals surface area contributed by atoms with Gasteiger partial charge < -0.3 is 5.32 Å². The SMILES string of the molecule is O=C1NC(c2ccc(NS(=O)(=O)c3cccnc3)cc2)C=CC1C(=O)n1ccnc1. The second-order valence-corrected chi connectivity index (χ2v) is 8.26. The molecule has 0 bridgehead atoms. The van der Waals surface area contributed by atoms with E-state index >= 15 is 0 Å². The number of rotatable bonds is 5. The van der Waals surface area contributed by atoms with E-state index < -0.39 is 27.9 Å². The van der Waals surface area contributed by atoms with E-state index in [1.54, 1.807) is 42.5 Å². The van der Waals surface area contributed by atoms with Gasteiger partial charge in [-0.2, -0.15) is 0 Å². The van der Waals surface area contributed by atoms with Crippen LogP contribution in [0, 0.1) is 5.92 Å². The van der Waals surface area contributed by atoms with Crippen LogP contribution < -0.4 is 10.0 Å². The third kappa shape index (κ3) is 3.98. The number of sulfonamides is 1. The molecule has 3 aromatic rings. The maximum Gasteiger partial charge on any atom is 0.263 e. The lowest BCUT2D eigenvalue weighted by Gasteiger charge is -2.23. The first-order valence-corrected chi connectivity index (χ1v) is 10.5. The monoisotopic (exact) mass is 423 g/mol. The van der Waals surface area contributed by atoms with Crippen molar-refractivity contribution < 1.29 is 18.0 Å². The fourth-order valence-corrected chi connectivity index (χ4v) is 4.04. The molecule has 0 fully saturated rings. The number of nitrogens with zero attached hydrogens (tertiary/aromatic N) is 3. The molecule has 0 spiro atoms. The van der Waals surface area contributed by atoms with Crippen molar-refractivity contribution in [2.75, 3.05) is 4.72 Å². The Hall–Kier alpha value is -3.79. The first kappa shape index (κ1) is 19.5. The summed E-state index contributed by atoms with van der Waals surface area (Å²) in [6.07, 6.45) is 10.4. The molecule has 1 aliphatic rings. The van der Waals surface area contributed by atoms with Crippen LogP contribution in [0.3, 0.4) is 0 Å². The molecule has 9 nitrogen and oxygen atoms in total. The second kappa shape index (κ2) is 7.91. The molecule has 2 unspecified atom stereocenters. The van der Waals surface area contributed by atoms with Gasteiger partial charge in [-0.25, -0.2) is 13.4 Å². The summed E-state index contributed by atoms with van der Waals surface area (Å²) in [6, 6.07) is 9.18. The van der Waals surface area contributed by atoms with Crippen molar-refractivity contribution >= 4 is 27.5 Å². The Balaban J connectivity index is 1.47. The molecule has 30 heavy (non-hydrogen) atoms. The minimum Gasteiger partial charge on any atom is -0.345 e. The van der Waals surface area contributed by atoms with Gasteiger partial charge in [0.2, 0.25) is 11.8 Å². The second-order valence-electron chi connectivity index (χ2n) is 6.57. The Morgan fingerprint density at radius 3 is 2.50 bits per heavy atom. The van der Waals surface area contributed by atoms with Crippen LogP contribution in [0.5, 0.6) is 0 Å². The summed E-state index contributed by atoms with van der Waals surface area (Å²) in [5.74, 6) is -1.73. The number of anilines is 1. The lowest BCUT2D eigenvalue weighted by atomic mass is 9.96. The fraction of sp³-hybridized carbons (Fsp3) is 0.100. The Morgan fingerprint density at radius 2 is 1.87 bits per heavy atom. The Labute approximate surface area is 172 Å². The summed E-state index contributed by atoms with van der Waals surface area (Å²) >= 11 is 0. The molecule has 1 aromatic carbocycles. The van der Waals surface area contributed by atoms with E-state index in [1.165, 1.54) is 41.7 Å². The molecule has 2 N–H and O–H groups in total. The highest BCUT2D eigenvalue weighted by atomic mass is 32.2. The summed E-state index contributed by atoms with van der Waals surface area (Å²) in [5, 5.41) is 2.79. The first-order chi connectivity index (χ1) is 14.4. The summed E-state index contributed by atoms with van der Waals surface area (Å²) in [5.41, 5.74) is 1.12. The van der Waals surface area contributed by atoms with Crippen LogP contribution in [0.25, 0.3) is 0 Å². The topological polar surface area (TPSA) is 123 Å². The zero-order valence-electron chi connectivity index (χ0n) is 15.5. The van der Waals surface area contributed by atoms with Crippen LogP contribution in [-0.4, -0.2) is 34.8 Å². The third-order valence-corrected chi connectivity index (χ3v) is 5.93. The number of nitrogens with one attached hydrogen (secondary N) is 2. The Bertz CT molecular complexity index is 1190. The minimum absolute atomic E-state index is 0.0603. The molecule has 1 aliphatic heterocycles. The zero-order valence-corrected chi connectivity index (χ0v) is 16.4. The molecular weight excluding hydrogens is 406 g/mol. The van der Waals surface area contributed by atoms with Crippen molar-refractivity contribution in [3.63, 3.8) is 0 Å². The molecule has 2 aromatic heterocycles. The predicted molar refractivity (Wildman–Crippen MR) is 108 cm³/mol. The van der Waals surface area contributed by atoms with Gasteiger partial charge in [0.15, 0.2) is 0 Å². The van der Waals surface area contributed by atoms with Crippen molar-refractivity contribution in [2.24, 2.45) is 5.92 Å². The Kier molecular flexibility index (Phi) is 5.15. The van der Waals surface area contributed by atoms with Crippen molar-refractivity contribution in [2.45, 2.75) is 10.9 Å². The minimum atomic E-state index is -3.74. The largest absolute Gasteiger partial charge is 0.345 e. The van der Waals surface area contributed by atoms with E-state index in [4.69, 9.17) is 0 Å². The van der Waals surface area contributed by atoms with Crippen LogP contribution >= 0.6 is 0 Å². The number of benzene rings is 1. The van der Waals surface area contributed by atoms with Crippen LogP contribution in [0.4, 0.5) is 5.69 Å². The number of imidazole rings is 1. The van der Waals surface area contributed by atoms with Crippen molar-refractivity contribution in [1.29, 1.82) is 0 Å². The maximum atomic E-state index is 12.4. The molecule has 152 valence electrons. The number of carbonyl (C=O) groups excluding carboxylic acids is 2. The van der Waals surface area contributed by atoms with E-state index in [0.29, 0.717) is 5.69 Å². The van der Waals surface area contributed by atoms with Gasteiger partial charge in [0.1, 0.15) is 17.1 Å². The quantitative estimate of drug-likeness (QED) is 0.476. The molecule has 10 heteroatoms. The van der Waals surface area contributed by atoms with Crippen LogP contribution in [0.15, 0.2) is 84.6 Å². The molecule has 4 rings (SSSR count). The van der Waals surface area contributed by atoms with Crippen molar-refractivity contribution in [1.82, 2.24) is 19.9 Å². The molecule has 0 saturated heterocycles. The van der Waals surface area contributed by atoms with E-state index in [0.717, 1.165) is 5.56 Å². The van der Waals surface area contributed by atoms with Crippen LogP contribution in [0.1, 0.15) is 16.4 Å². The van der Waals surface area contributed by atoms with Gasteiger partial charge in [0.05, 0.1) is 6.04 Å². The fourth-order valence-electron chi connectivity index (χ4n) is 3.02. The highest BCUT2D eigenvalue weighted by Crippen LogP contribution is 2.24. The van der Waals surface area contributed by atoms with E-state index in [-0.39, 0.29) is 10.8 Å². The normalized spacial score (nSPS) is 18.6. The van der Waals surface area contributed by atoms with Gasteiger partial charge >= 0.3 is 0 Å². The van der Waals surface area contributed by atoms with E-state index in [2.05, 4.69) is 20.0 Å². The van der Waals surface area contributed by atoms with Gasteiger partial charge in [-0.1, -0.05) is 24.3 Å². The number of amides is 1. The summed E-state index contributed by atoms with van der Waals surface area (Å²) < 4.78 is 28.5. The molecule has 1 amide bonds. The summed E-state index contributed by atoms with van der Waals surface area (Å²) in [6.45, 7) is 0. The van der Waals surface area contributed by atoms with Gasteiger partial charge in [0.25, 0.3) is 10.0 Å². The molecule has 0 aliphatic carbocycles. The smallest absolute Gasteiger partial charge is 0.263 e. The predicted octanol–water partition coefficient (Wildman–Crippen LogP) is 1.76. The van der Waals surface area contributed by atoms with Crippen LogP contribution in [-0.2, 0) is 14.8 Å². The van der Waals surface area contributed by atoms with Gasteiger partial charge in [-0.3, -0.25) is 23.9 Å². The highest BCUT2D eigenvalue weighted by Gasteiger charge is 2.30. The first-order valence-electron chi connectivity index (χ1n) is 8.98. The zero-order chi connectivity index (χ0) is 21.1. The molecule has 3 heterocycles. The average molecular weight is 423 g/mol. The van der Waals surface area contributed by atoms with Crippen molar-refractivity contribution in [3.05, 3.63) is 85.2 Å². The number of aromatic nitrogens is 3.